The molecule has 0 aliphatic carbocycles. The second-order valence-electron chi connectivity index (χ2n) is 8.63. The molecule has 0 spiro atoms. The van der Waals surface area contributed by atoms with Gasteiger partial charge in [-0.25, -0.2) is 9.97 Å². The fourth-order valence-electron chi connectivity index (χ4n) is 3.61. The molecule has 134 valence electrons. The highest BCUT2D eigenvalue weighted by Gasteiger charge is 2.37. The van der Waals surface area contributed by atoms with E-state index in [1.807, 2.05) is 0 Å². The van der Waals surface area contributed by atoms with Gasteiger partial charge in [-0.1, -0.05) is 41.5 Å². The van der Waals surface area contributed by atoms with Crippen molar-refractivity contribution in [2.24, 2.45) is 0 Å². The van der Waals surface area contributed by atoms with Crippen molar-refractivity contribution in [2.75, 3.05) is 24.7 Å². The van der Waals surface area contributed by atoms with Crippen LogP contribution in [-0.4, -0.2) is 35.8 Å². The van der Waals surface area contributed by atoms with E-state index in [-0.39, 0.29) is 10.8 Å². The average molecular weight is 332 g/mol. The van der Waals surface area contributed by atoms with E-state index in [0.29, 0.717) is 6.04 Å². The highest BCUT2D eigenvalue weighted by molar-refractivity contribution is 5.55. The lowest BCUT2D eigenvalue weighted by Crippen LogP contribution is -2.49. The van der Waals surface area contributed by atoms with Gasteiger partial charge in [-0.3, -0.25) is 0 Å². The molecule has 1 aromatic rings. The lowest BCUT2D eigenvalue weighted by atomic mass is 9.80. The largest absolute Gasteiger partial charge is 0.377 e. The first-order chi connectivity index (χ1) is 11.3. The number of nitrogens with zero attached hydrogens (tertiary/aromatic N) is 3. The van der Waals surface area contributed by atoms with Crippen LogP contribution in [0.15, 0.2) is 0 Å². The smallest absolute Gasteiger partial charge is 0.136 e. The van der Waals surface area contributed by atoms with Gasteiger partial charge in [-0.05, 0) is 25.7 Å². The van der Waals surface area contributed by atoms with E-state index in [2.05, 4.69) is 46.4 Å². The van der Waals surface area contributed by atoms with Crippen LogP contribution in [0.4, 0.5) is 5.82 Å². The predicted octanol–water partition coefficient (Wildman–Crippen LogP) is 4.00. The first kappa shape index (κ1) is 17.7. The molecule has 3 heterocycles. The molecule has 0 saturated carbocycles. The van der Waals surface area contributed by atoms with E-state index in [1.165, 1.54) is 17.1 Å². The molecule has 24 heavy (non-hydrogen) atoms. The summed E-state index contributed by atoms with van der Waals surface area (Å²) in [6.07, 6.45) is 4.37. The summed E-state index contributed by atoms with van der Waals surface area (Å²) in [7, 11) is 0. The normalized spacial score (nSPS) is 21.4. The van der Waals surface area contributed by atoms with Gasteiger partial charge in [0, 0.05) is 22.9 Å². The van der Waals surface area contributed by atoms with E-state index >= 15 is 0 Å². The topological polar surface area (TPSA) is 38.3 Å². The number of hydrogen-bond donors (Lipinski definition) is 0. The lowest BCUT2D eigenvalue weighted by Gasteiger charge is -2.43. The second-order valence-corrected chi connectivity index (χ2v) is 8.63. The number of morpholine rings is 1. The molecular formula is C20H33N3O. The van der Waals surface area contributed by atoms with Crippen molar-refractivity contribution in [3.8, 4) is 0 Å². The zero-order valence-corrected chi connectivity index (χ0v) is 16.3. The van der Waals surface area contributed by atoms with Crippen LogP contribution >= 0.6 is 0 Å². The van der Waals surface area contributed by atoms with Gasteiger partial charge < -0.3 is 9.64 Å². The summed E-state index contributed by atoms with van der Waals surface area (Å²) in [5.41, 5.74) is 2.75. The minimum atomic E-state index is 0.00678. The van der Waals surface area contributed by atoms with Gasteiger partial charge in [0.1, 0.15) is 11.6 Å². The Hall–Kier alpha value is -1.16. The number of aromatic nitrogens is 2. The molecule has 0 bridgehead atoms. The van der Waals surface area contributed by atoms with Gasteiger partial charge in [0.25, 0.3) is 0 Å². The van der Waals surface area contributed by atoms with Crippen LogP contribution in [0, 0.1) is 0 Å². The third-order valence-corrected chi connectivity index (χ3v) is 6.23. The number of rotatable bonds is 4. The van der Waals surface area contributed by atoms with Crippen molar-refractivity contribution in [1.29, 1.82) is 0 Å². The molecule has 0 amide bonds. The molecule has 0 aromatic carbocycles. The first-order valence-corrected chi connectivity index (χ1v) is 9.56. The Labute approximate surface area is 147 Å². The molecular weight excluding hydrogens is 298 g/mol. The lowest BCUT2D eigenvalue weighted by molar-refractivity contribution is 0.0888. The fraction of sp³-hybridized carbons (Fsp3) is 0.800. The number of fused-ring (bicyclic) bond motifs is 3. The number of hydrogen-bond acceptors (Lipinski definition) is 4. The number of ether oxygens (including phenoxy) is 1. The van der Waals surface area contributed by atoms with Crippen LogP contribution in [0.2, 0.25) is 0 Å². The van der Waals surface area contributed by atoms with Gasteiger partial charge in [0.15, 0.2) is 0 Å². The third-order valence-electron chi connectivity index (χ3n) is 6.23. The van der Waals surface area contributed by atoms with Crippen molar-refractivity contribution in [3.63, 3.8) is 0 Å². The summed E-state index contributed by atoms with van der Waals surface area (Å²) in [5, 5.41) is 0. The van der Waals surface area contributed by atoms with Gasteiger partial charge >= 0.3 is 0 Å². The Morgan fingerprint density at radius 2 is 1.79 bits per heavy atom. The van der Waals surface area contributed by atoms with Crippen molar-refractivity contribution in [3.05, 3.63) is 17.1 Å². The van der Waals surface area contributed by atoms with Gasteiger partial charge in [0.05, 0.1) is 24.9 Å². The van der Waals surface area contributed by atoms with E-state index in [0.717, 1.165) is 51.3 Å². The highest BCUT2D eigenvalue weighted by Crippen LogP contribution is 2.39. The predicted molar refractivity (Wildman–Crippen MR) is 98.9 cm³/mol. The Bertz CT molecular complexity index is 609. The molecule has 0 N–H and O–H groups in total. The SMILES string of the molecule is CCC(C)(C)c1nc2c(c(C(C)(C)CC)n1)CCC1COCCN21. The Morgan fingerprint density at radius 1 is 1.08 bits per heavy atom. The fourth-order valence-corrected chi connectivity index (χ4v) is 3.61. The van der Waals surface area contributed by atoms with Gasteiger partial charge in [-0.2, -0.15) is 0 Å². The summed E-state index contributed by atoms with van der Waals surface area (Å²) in [6.45, 7) is 16.3. The quantitative estimate of drug-likeness (QED) is 0.836. The minimum Gasteiger partial charge on any atom is -0.377 e. The minimum absolute atomic E-state index is 0.00678. The Balaban J connectivity index is 2.18. The van der Waals surface area contributed by atoms with E-state index in [9.17, 15) is 0 Å². The molecule has 2 aliphatic rings. The average Bonchev–Trinajstić information content (AvgIpc) is 2.60. The molecule has 1 unspecified atom stereocenters. The van der Waals surface area contributed by atoms with E-state index in [4.69, 9.17) is 14.7 Å². The maximum atomic E-state index is 5.71. The van der Waals surface area contributed by atoms with E-state index in [1.54, 1.807) is 0 Å². The standard InChI is InChI=1S/C20H33N3O/c1-7-19(3,4)16-15-10-9-14-13-24-12-11-23(14)17(15)22-18(21-16)20(5,6)8-2/h14H,7-13H2,1-6H3. The van der Waals surface area contributed by atoms with Crippen molar-refractivity contribution in [2.45, 2.75) is 84.1 Å². The van der Waals surface area contributed by atoms with Gasteiger partial charge in [-0.15, -0.1) is 0 Å². The van der Waals surface area contributed by atoms with Crippen LogP contribution in [0.25, 0.3) is 0 Å². The third kappa shape index (κ3) is 2.94. The van der Waals surface area contributed by atoms with Crippen molar-refractivity contribution in [1.82, 2.24) is 9.97 Å². The Kier molecular flexibility index (Phi) is 4.63. The van der Waals surface area contributed by atoms with Gasteiger partial charge in [0.2, 0.25) is 0 Å². The van der Waals surface area contributed by atoms with Crippen LogP contribution < -0.4 is 4.90 Å². The summed E-state index contributed by atoms with van der Waals surface area (Å²) in [4.78, 5) is 12.7. The maximum absolute atomic E-state index is 5.71. The van der Waals surface area contributed by atoms with Crippen LogP contribution in [0.5, 0.6) is 0 Å². The zero-order valence-electron chi connectivity index (χ0n) is 16.3. The summed E-state index contributed by atoms with van der Waals surface area (Å²) in [6, 6.07) is 0.483. The molecule has 1 atom stereocenters. The molecule has 4 nitrogen and oxygen atoms in total. The summed E-state index contributed by atoms with van der Waals surface area (Å²) < 4.78 is 5.71. The Morgan fingerprint density at radius 3 is 2.46 bits per heavy atom. The summed E-state index contributed by atoms with van der Waals surface area (Å²) >= 11 is 0. The van der Waals surface area contributed by atoms with Crippen molar-refractivity contribution < 1.29 is 4.74 Å². The molecule has 0 radical (unpaired) electrons. The molecule has 1 aromatic heterocycles. The molecule has 1 saturated heterocycles. The molecule has 1 fully saturated rings. The molecule has 2 aliphatic heterocycles. The maximum Gasteiger partial charge on any atom is 0.136 e. The van der Waals surface area contributed by atoms with E-state index < -0.39 is 0 Å². The first-order valence-electron chi connectivity index (χ1n) is 9.56. The molecule has 3 rings (SSSR count). The second kappa shape index (κ2) is 6.29. The molecule has 4 heteroatoms. The van der Waals surface area contributed by atoms with Crippen LogP contribution in [0.3, 0.4) is 0 Å². The monoisotopic (exact) mass is 331 g/mol. The van der Waals surface area contributed by atoms with Crippen LogP contribution in [-0.2, 0) is 22.0 Å². The highest BCUT2D eigenvalue weighted by atomic mass is 16.5. The van der Waals surface area contributed by atoms with Crippen LogP contribution in [0.1, 0.15) is 77.9 Å². The number of anilines is 1. The summed E-state index contributed by atoms with van der Waals surface area (Å²) in [5.74, 6) is 2.20. The van der Waals surface area contributed by atoms with Crippen molar-refractivity contribution >= 4 is 5.82 Å². The zero-order chi connectivity index (χ0) is 17.5.